The molecule has 2 rings (SSSR count). The van der Waals surface area contributed by atoms with Gasteiger partial charge in [0.15, 0.2) is 0 Å². The number of aromatic hydroxyl groups is 1. The molecule has 19 heavy (non-hydrogen) atoms. The number of likely N-dealkylation sites (N-methyl/N-ethyl adjacent to an activating group) is 1. The molecule has 1 aromatic heterocycles. The lowest BCUT2D eigenvalue weighted by Crippen LogP contribution is -2.27. The van der Waals surface area contributed by atoms with Crippen molar-refractivity contribution in [2.75, 3.05) is 7.05 Å². The van der Waals surface area contributed by atoms with Gasteiger partial charge in [-0.1, -0.05) is 12.6 Å². The molecule has 0 saturated heterocycles. The number of aryl methyl sites for hydroxylation is 1. The molecule has 0 aliphatic heterocycles. The molecule has 1 aromatic carbocycles. The molecular formula is C15H17NO3. The summed E-state index contributed by atoms with van der Waals surface area (Å²) in [6.07, 6.45) is 1.27. The van der Waals surface area contributed by atoms with Crippen LogP contribution in [0.15, 0.2) is 35.3 Å². The Labute approximate surface area is 111 Å². The number of amides is 1. The van der Waals surface area contributed by atoms with Crippen molar-refractivity contribution < 1.29 is 14.3 Å². The predicted octanol–water partition coefficient (Wildman–Crippen LogP) is 3.15. The number of hydrogen-bond acceptors (Lipinski definition) is 3. The van der Waals surface area contributed by atoms with Gasteiger partial charge < -0.3 is 14.4 Å². The molecular weight excluding hydrogens is 242 g/mol. The zero-order valence-corrected chi connectivity index (χ0v) is 11.3. The maximum absolute atomic E-state index is 11.6. The van der Waals surface area contributed by atoms with Crippen molar-refractivity contribution in [1.29, 1.82) is 0 Å². The fourth-order valence-corrected chi connectivity index (χ4v) is 2.21. The first-order valence-electron chi connectivity index (χ1n) is 6.07. The Morgan fingerprint density at radius 1 is 1.53 bits per heavy atom. The topological polar surface area (TPSA) is 53.7 Å². The van der Waals surface area contributed by atoms with Gasteiger partial charge in [0.25, 0.3) is 0 Å². The molecule has 1 N–H and O–H groups in total. The molecule has 0 radical (unpaired) electrons. The van der Waals surface area contributed by atoms with Crippen LogP contribution in [0.2, 0.25) is 0 Å². The average molecular weight is 259 g/mol. The third-order valence-corrected chi connectivity index (χ3v) is 3.45. The van der Waals surface area contributed by atoms with Crippen LogP contribution in [-0.2, 0) is 4.79 Å². The van der Waals surface area contributed by atoms with Crippen LogP contribution < -0.4 is 0 Å². The second kappa shape index (κ2) is 4.80. The van der Waals surface area contributed by atoms with Crippen LogP contribution in [0.1, 0.15) is 24.3 Å². The number of furan rings is 1. The Morgan fingerprint density at radius 2 is 2.21 bits per heavy atom. The van der Waals surface area contributed by atoms with Crippen molar-refractivity contribution in [2.45, 2.75) is 19.9 Å². The van der Waals surface area contributed by atoms with Crippen molar-refractivity contribution in [1.82, 2.24) is 4.90 Å². The second-order valence-electron chi connectivity index (χ2n) is 4.57. The summed E-state index contributed by atoms with van der Waals surface area (Å²) >= 11 is 0. The molecule has 1 atom stereocenters. The largest absolute Gasteiger partial charge is 0.507 e. The van der Waals surface area contributed by atoms with Gasteiger partial charge in [-0.3, -0.25) is 4.79 Å². The number of phenols is 1. The van der Waals surface area contributed by atoms with Gasteiger partial charge >= 0.3 is 0 Å². The van der Waals surface area contributed by atoms with Crippen molar-refractivity contribution in [3.05, 3.63) is 42.2 Å². The molecule has 0 aliphatic rings. The number of carbonyl (C=O) groups excluding carboxylic acids is 1. The third-order valence-electron chi connectivity index (χ3n) is 3.45. The van der Waals surface area contributed by atoms with Gasteiger partial charge in [-0.25, -0.2) is 0 Å². The summed E-state index contributed by atoms with van der Waals surface area (Å²) in [4.78, 5) is 13.2. The minimum Gasteiger partial charge on any atom is -0.507 e. The zero-order chi connectivity index (χ0) is 14.2. The normalized spacial score (nSPS) is 12.4. The van der Waals surface area contributed by atoms with E-state index in [1.807, 2.05) is 13.8 Å². The van der Waals surface area contributed by atoms with E-state index in [9.17, 15) is 9.90 Å². The minimum absolute atomic E-state index is 0.170. The van der Waals surface area contributed by atoms with Crippen LogP contribution in [0, 0.1) is 6.92 Å². The number of phenolic OH excluding ortho intramolecular Hbond substituents is 1. The predicted molar refractivity (Wildman–Crippen MR) is 74.0 cm³/mol. The van der Waals surface area contributed by atoms with Crippen LogP contribution in [0.3, 0.4) is 0 Å². The first kappa shape index (κ1) is 13.2. The third kappa shape index (κ3) is 2.10. The summed E-state index contributed by atoms with van der Waals surface area (Å²) in [5, 5.41) is 10.6. The maximum Gasteiger partial charge on any atom is 0.246 e. The van der Waals surface area contributed by atoms with Gasteiger partial charge in [0.1, 0.15) is 17.1 Å². The number of benzene rings is 1. The highest BCUT2D eigenvalue weighted by atomic mass is 16.3. The Kier molecular flexibility index (Phi) is 3.34. The van der Waals surface area contributed by atoms with E-state index in [2.05, 4.69) is 6.58 Å². The van der Waals surface area contributed by atoms with E-state index >= 15 is 0 Å². The van der Waals surface area contributed by atoms with E-state index in [1.165, 1.54) is 6.08 Å². The highest BCUT2D eigenvalue weighted by Crippen LogP contribution is 2.36. The number of carbonyl (C=O) groups is 1. The van der Waals surface area contributed by atoms with Crippen LogP contribution in [0.5, 0.6) is 5.75 Å². The maximum atomic E-state index is 11.6. The van der Waals surface area contributed by atoms with Gasteiger partial charge in [-0.15, -0.1) is 0 Å². The van der Waals surface area contributed by atoms with E-state index in [0.29, 0.717) is 16.7 Å². The van der Waals surface area contributed by atoms with E-state index in [-0.39, 0.29) is 17.7 Å². The standard InChI is InChI=1S/C15H17NO3/c1-5-13(18)16(4)10(3)15-9(2)14-11(17)7-6-8-12(14)19-15/h5-8,10,17H,1H2,2-4H3. The number of nitrogens with zero attached hydrogens (tertiary/aromatic N) is 1. The summed E-state index contributed by atoms with van der Waals surface area (Å²) < 4.78 is 5.77. The highest BCUT2D eigenvalue weighted by molar-refractivity contribution is 5.89. The molecule has 1 heterocycles. The Bertz CT molecular complexity index is 642. The van der Waals surface area contributed by atoms with Gasteiger partial charge in [-0.2, -0.15) is 0 Å². The average Bonchev–Trinajstić information content (AvgIpc) is 2.74. The lowest BCUT2D eigenvalue weighted by Gasteiger charge is -2.22. The fraction of sp³-hybridized carbons (Fsp3) is 0.267. The van der Waals surface area contributed by atoms with E-state index in [0.717, 1.165) is 5.56 Å². The van der Waals surface area contributed by atoms with Crippen molar-refractivity contribution in [2.24, 2.45) is 0 Å². The molecule has 0 saturated carbocycles. The smallest absolute Gasteiger partial charge is 0.246 e. The lowest BCUT2D eigenvalue weighted by atomic mass is 10.1. The van der Waals surface area contributed by atoms with Crippen LogP contribution in [-0.4, -0.2) is 23.0 Å². The molecule has 100 valence electrons. The second-order valence-corrected chi connectivity index (χ2v) is 4.57. The molecule has 0 spiro atoms. The van der Waals surface area contributed by atoms with Gasteiger partial charge in [0.05, 0.1) is 11.4 Å². The van der Waals surface area contributed by atoms with Crippen LogP contribution >= 0.6 is 0 Å². The Balaban J connectivity index is 2.51. The number of hydrogen-bond donors (Lipinski definition) is 1. The molecule has 1 amide bonds. The molecule has 2 aromatic rings. The highest BCUT2D eigenvalue weighted by Gasteiger charge is 2.23. The molecule has 4 nitrogen and oxygen atoms in total. The van der Waals surface area contributed by atoms with Gasteiger partial charge in [0.2, 0.25) is 5.91 Å². The molecule has 0 aliphatic carbocycles. The van der Waals surface area contributed by atoms with Crippen molar-refractivity contribution in [3.63, 3.8) is 0 Å². The van der Waals surface area contributed by atoms with Gasteiger partial charge in [0, 0.05) is 12.6 Å². The van der Waals surface area contributed by atoms with E-state index < -0.39 is 0 Å². The van der Waals surface area contributed by atoms with E-state index in [4.69, 9.17) is 4.42 Å². The zero-order valence-electron chi connectivity index (χ0n) is 11.3. The SMILES string of the molecule is C=CC(=O)N(C)C(C)c1oc2cccc(O)c2c1C. The van der Waals surface area contributed by atoms with Crippen LogP contribution in [0.25, 0.3) is 11.0 Å². The molecule has 0 bridgehead atoms. The first-order chi connectivity index (χ1) is 8.97. The number of rotatable bonds is 3. The summed E-state index contributed by atoms with van der Waals surface area (Å²) in [5.74, 6) is 0.695. The quantitative estimate of drug-likeness (QED) is 0.861. The van der Waals surface area contributed by atoms with Crippen molar-refractivity contribution >= 4 is 16.9 Å². The van der Waals surface area contributed by atoms with E-state index in [1.54, 1.807) is 30.1 Å². The Hall–Kier alpha value is -2.23. The minimum atomic E-state index is -0.225. The molecule has 0 fully saturated rings. The molecule has 1 unspecified atom stereocenters. The van der Waals surface area contributed by atoms with Crippen molar-refractivity contribution in [3.8, 4) is 5.75 Å². The summed E-state index contributed by atoms with van der Waals surface area (Å²) in [6, 6.07) is 4.93. The monoisotopic (exact) mass is 259 g/mol. The van der Waals surface area contributed by atoms with Gasteiger partial charge in [-0.05, 0) is 32.1 Å². The lowest BCUT2D eigenvalue weighted by molar-refractivity contribution is -0.126. The Morgan fingerprint density at radius 3 is 2.79 bits per heavy atom. The fourth-order valence-electron chi connectivity index (χ4n) is 2.21. The summed E-state index contributed by atoms with van der Waals surface area (Å²) in [7, 11) is 1.70. The summed E-state index contributed by atoms with van der Waals surface area (Å²) in [5.41, 5.74) is 1.48. The van der Waals surface area contributed by atoms with Crippen LogP contribution in [0.4, 0.5) is 0 Å². The summed E-state index contributed by atoms with van der Waals surface area (Å²) in [6.45, 7) is 7.23. The number of fused-ring (bicyclic) bond motifs is 1. The molecule has 4 heteroatoms. The first-order valence-corrected chi connectivity index (χ1v) is 6.07.